The van der Waals surface area contributed by atoms with E-state index < -0.39 is 12.0 Å². The smallest absolute Gasteiger partial charge is 0.320 e. The fourth-order valence-electron chi connectivity index (χ4n) is 2.22. The summed E-state index contributed by atoms with van der Waals surface area (Å²) < 4.78 is 1.98. The van der Waals surface area contributed by atoms with Crippen LogP contribution in [0.4, 0.5) is 0 Å². The van der Waals surface area contributed by atoms with Gasteiger partial charge in [0.05, 0.1) is 0 Å². The van der Waals surface area contributed by atoms with E-state index in [1.807, 2.05) is 36.0 Å². The number of carboxylic acid groups (broad SMARTS) is 1. The fourth-order valence-corrected chi connectivity index (χ4v) is 2.22. The highest BCUT2D eigenvalue weighted by atomic mass is 16.4. The number of carbonyl (C=O) groups is 1. The highest BCUT2D eigenvalue weighted by molar-refractivity contribution is 5.92. The first-order chi connectivity index (χ1) is 8.54. The monoisotopic (exact) mass is 244 g/mol. The van der Waals surface area contributed by atoms with Gasteiger partial charge in [-0.2, -0.15) is 0 Å². The summed E-state index contributed by atoms with van der Waals surface area (Å²) in [5.41, 5.74) is 8.60. The molecule has 4 heteroatoms. The lowest BCUT2D eigenvalue weighted by atomic mass is 10.0. The van der Waals surface area contributed by atoms with Crippen LogP contribution in [0, 0.1) is 0 Å². The molecular formula is C14H16N2O2. The maximum atomic E-state index is 10.8. The van der Waals surface area contributed by atoms with Gasteiger partial charge in [0.2, 0.25) is 0 Å². The molecule has 0 amide bonds. The van der Waals surface area contributed by atoms with Crippen LogP contribution < -0.4 is 5.73 Å². The van der Waals surface area contributed by atoms with Gasteiger partial charge in [0.1, 0.15) is 6.04 Å². The molecule has 1 unspecified atom stereocenters. The molecule has 2 rings (SSSR count). The first kappa shape index (κ1) is 12.4. The van der Waals surface area contributed by atoms with E-state index in [0.717, 1.165) is 22.0 Å². The topological polar surface area (TPSA) is 68.2 Å². The molecule has 1 aromatic carbocycles. The number of aliphatic carboxylic acids is 1. The van der Waals surface area contributed by atoms with Crippen molar-refractivity contribution in [3.63, 3.8) is 0 Å². The highest BCUT2D eigenvalue weighted by Crippen LogP contribution is 2.26. The van der Waals surface area contributed by atoms with Crippen molar-refractivity contribution >= 4 is 22.9 Å². The third-order valence-corrected chi connectivity index (χ3v) is 3.10. The number of nitrogens with two attached hydrogens (primary N) is 1. The lowest BCUT2D eigenvalue weighted by molar-refractivity contribution is -0.138. The Bertz CT molecular complexity index is 614. The minimum Gasteiger partial charge on any atom is -0.480 e. The van der Waals surface area contributed by atoms with Gasteiger partial charge in [0, 0.05) is 30.6 Å². The number of aromatic nitrogens is 1. The highest BCUT2D eigenvalue weighted by Gasteiger charge is 2.16. The third-order valence-electron chi connectivity index (χ3n) is 3.10. The molecule has 0 aliphatic carbocycles. The maximum Gasteiger partial charge on any atom is 0.320 e. The zero-order valence-electron chi connectivity index (χ0n) is 10.3. The van der Waals surface area contributed by atoms with E-state index >= 15 is 0 Å². The molecular weight excluding hydrogens is 228 g/mol. The fraction of sp³-hybridized carbons (Fsp3) is 0.214. The number of nitrogens with zero attached hydrogens (tertiary/aromatic N) is 1. The molecule has 0 bridgehead atoms. The zero-order chi connectivity index (χ0) is 13.3. The minimum absolute atomic E-state index is 0.317. The van der Waals surface area contributed by atoms with Crippen LogP contribution in [-0.2, 0) is 18.3 Å². The second kappa shape index (κ2) is 4.66. The Hall–Kier alpha value is -2.07. The summed E-state index contributed by atoms with van der Waals surface area (Å²) in [4.78, 5) is 10.8. The average molecular weight is 244 g/mol. The summed E-state index contributed by atoms with van der Waals surface area (Å²) in [7, 11) is 1.94. The van der Waals surface area contributed by atoms with Crippen molar-refractivity contribution in [3.05, 3.63) is 42.1 Å². The summed E-state index contributed by atoms with van der Waals surface area (Å²) in [6, 6.07) is 5.04. The minimum atomic E-state index is -0.983. The lowest BCUT2D eigenvalue weighted by Gasteiger charge is -2.06. The summed E-state index contributed by atoms with van der Waals surface area (Å²) >= 11 is 0. The van der Waals surface area contributed by atoms with E-state index in [-0.39, 0.29) is 0 Å². The Labute approximate surface area is 105 Å². The van der Waals surface area contributed by atoms with Crippen LogP contribution in [0.3, 0.4) is 0 Å². The lowest BCUT2D eigenvalue weighted by Crippen LogP contribution is -2.32. The van der Waals surface area contributed by atoms with Crippen molar-refractivity contribution < 1.29 is 9.90 Å². The van der Waals surface area contributed by atoms with Crippen LogP contribution in [0.15, 0.2) is 31.0 Å². The van der Waals surface area contributed by atoms with E-state index in [1.54, 1.807) is 6.08 Å². The Morgan fingerprint density at radius 3 is 2.94 bits per heavy atom. The van der Waals surface area contributed by atoms with Gasteiger partial charge in [-0.3, -0.25) is 4.79 Å². The maximum absolute atomic E-state index is 10.8. The Morgan fingerprint density at radius 1 is 1.61 bits per heavy atom. The normalized spacial score (nSPS) is 12.6. The zero-order valence-corrected chi connectivity index (χ0v) is 10.3. The molecule has 0 spiro atoms. The first-order valence-electron chi connectivity index (χ1n) is 5.72. The molecule has 2 aromatic rings. The van der Waals surface area contributed by atoms with Crippen LogP contribution >= 0.6 is 0 Å². The molecule has 0 aliphatic heterocycles. The Balaban J connectivity index is 2.57. The molecule has 4 nitrogen and oxygen atoms in total. The van der Waals surface area contributed by atoms with Gasteiger partial charge in [-0.25, -0.2) is 0 Å². The largest absolute Gasteiger partial charge is 0.480 e. The van der Waals surface area contributed by atoms with Crippen molar-refractivity contribution in [2.75, 3.05) is 0 Å². The quantitative estimate of drug-likeness (QED) is 0.861. The number of aryl methyl sites for hydroxylation is 1. The van der Waals surface area contributed by atoms with E-state index in [2.05, 4.69) is 6.58 Å². The summed E-state index contributed by atoms with van der Waals surface area (Å²) in [6.45, 7) is 3.79. The van der Waals surface area contributed by atoms with Gasteiger partial charge in [-0.05, 0) is 17.2 Å². The number of rotatable bonds is 4. The van der Waals surface area contributed by atoms with Gasteiger partial charge < -0.3 is 15.4 Å². The molecule has 3 N–H and O–H groups in total. The van der Waals surface area contributed by atoms with E-state index in [1.165, 1.54) is 0 Å². The third kappa shape index (κ3) is 2.02. The number of carboxylic acids is 1. The van der Waals surface area contributed by atoms with E-state index in [0.29, 0.717) is 6.42 Å². The van der Waals surface area contributed by atoms with E-state index in [9.17, 15) is 4.79 Å². The van der Waals surface area contributed by atoms with Crippen molar-refractivity contribution in [3.8, 4) is 0 Å². The second-order valence-electron chi connectivity index (χ2n) is 4.36. The average Bonchev–Trinajstić information content (AvgIpc) is 2.66. The molecule has 1 atom stereocenters. The van der Waals surface area contributed by atoms with Crippen LogP contribution in [0.5, 0.6) is 0 Å². The van der Waals surface area contributed by atoms with Crippen LogP contribution in [0.1, 0.15) is 11.1 Å². The van der Waals surface area contributed by atoms with Crippen LogP contribution in [0.2, 0.25) is 0 Å². The molecule has 0 radical (unpaired) electrons. The number of hydrogen-bond acceptors (Lipinski definition) is 2. The standard InChI is InChI=1S/C14H16N2O2/c1-3-9-5-4-6-12-13(9)10(8-16(12)2)7-11(15)14(17)18/h3-6,8,11H,1,7,15H2,2H3,(H,17,18). The van der Waals surface area contributed by atoms with Gasteiger partial charge >= 0.3 is 5.97 Å². The van der Waals surface area contributed by atoms with Gasteiger partial charge in [0.25, 0.3) is 0 Å². The molecule has 0 saturated carbocycles. The van der Waals surface area contributed by atoms with E-state index in [4.69, 9.17) is 10.8 Å². The SMILES string of the molecule is C=Cc1cccc2c1c(CC(N)C(=O)O)cn2C. The Morgan fingerprint density at radius 2 is 2.33 bits per heavy atom. The van der Waals surface area contributed by atoms with Crippen LogP contribution in [-0.4, -0.2) is 21.7 Å². The number of fused-ring (bicyclic) bond motifs is 1. The van der Waals surface area contributed by atoms with Crippen LogP contribution in [0.25, 0.3) is 17.0 Å². The number of hydrogen-bond donors (Lipinski definition) is 2. The molecule has 1 heterocycles. The number of benzene rings is 1. The van der Waals surface area contributed by atoms with Crippen molar-refractivity contribution in [1.29, 1.82) is 0 Å². The predicted octanol–water partition coefficient (Wildman–Crippen LogP) is 1.78. The van der Waals surface area contributed by atoms with Crippen molar-refractivity contribution in [1.82, 2.24) is 4.57 Å². The van der Waals surface area contributed by atoms with Crippen molar-refractivity contribution in [2.45, 2.75) is 12.5 Å². The first-order valence-corrected chi connectivity index (χ1v) is 5.72. The second-order valence-corrected chi connectivity index (χ2v) is 4.36. The molecule has 0 saturated heterocycles. The van der Waals surface area contributed by atoms with Gasteiger partial charge in [-0.15, -0.1) is 0 Å². The van der Waals surface area contributed by atoms with Gasteiger partial charge in [0.15, 0.2) is 0 Å². The Kier molecular flexibility index (Phi) is 3.21. The molecule has 0 aliphatic rings. The summed E-state index contributed by atoms with van der Waals surface area (Å²) in [6.07, 6.45) is 4.02. The summed E-state index contributed by atoms with van der Waals surface area (Å²) in [5.74, 6) is -0.983. The molecule has 94 valence electrons. The summed E-state index contributed by atoms with van der Waals surface area (Å²) in [5, 5.41) is 9.93. The molecule has 18 heavy (non-hydrogen) atoms. The van der Waals surface area contributed by atoms with Gasteiger partial charge in [-0.1, -0.05) is 24.8 Å². The molecule has 0 fully saturated rings. The van der Waals surface area contributed by atoms with Crippen molar-refractivity contribution in [2.24, 2.45) is 12.8 Å². The predicted molar refractivity (Wildman–Crippen MR) is 72.3 cm³/mol. The molecule has 1 aromatic heterocycles.